The van der Waals surface area contributed by atoms with Crippen molar-refractivity contribution in [2.24, 2.45) is 0 Å². The molecule has 154 valence electrons. The number of halogens is 3. The van der Waals surface area contributed by atoms with Crippen molar-refractivity contribution >= 4 is 17.5 Å². The van der Waals surface area contributed by atoms with Crippen LogP contribution in [-0.4, -0.2) is 38.4 Å². The summed E-state index contributed by atoms with van der Waals surface area (Å²) in [6.45, 7) is 0.539. The van der Waals surface area contributed by atoms with Crippen molar-refractivity contribution in [2.45, 2.75) is 19.6 Å². The molecule has 1 amide bonds. The van der Waals surface area contributed by atoms with Gasteiger partial charge in [-0.3, -0.25) is 9.48 Å². The molecule has 0 saturated heterocycles. The van der Waals surface area contributed by atoms with Crippen LogP contribution in [0.1, 0.15) is 15.9 Å². The molecule has 0 spiro atoms. The van der Waals surface area contributed by atoms with Gasteiger partial charge in [-0.25, -0.2) is 9.97 Å². The largest absolute Gasteiger partial charge is 0.408 e. The van der Waals surface area contributed by atoms with Gasteiger partial charge in [0.15, 0.2) is 0 Å². The van der Waals surface area contributed by atoms with Crippen LogP contribution in [0.15, 0.2) is 42.9 Å². The third-order valence-corrected chi connectivity index (χ3v) is 3.95. The highest BCUT2D eigenvalue weighted by Crippen LogP contribution is 2.24. The zero-order valence-corrected chi connectivity index (χ0v) is 15.7. The molecule has 0 aliphatic rings. The third kappa shape index (κ3) is 5.32. The first kappa shape index (κ1) is 20.8. The highest BCUT2D eigenvalue weighted by Gasteiger charge is 2.28. The summed E-state index contributed by atoms with van der Waals surface area (Å²) < 4.78 is 38.1. The van der Waals surface area contributed by atoms with E-state index in [4.69, 9.17) is 5.26 Å². The number of benzene rings is 1. The number of aromatic nitrogens is 4. The predicted octanol–water partition coefficient (Wildman–Crippen LogP) is 3.21. The molecule has 8 nitrogen and oxygen atoms in total. The van der Waals surface area contributed by atoms with Gasteiger partial charge in [0.2, 0.25) is 5.95 Å². The number of anilines is 2. The Bertz CT molecular complexity index is 1080. The van der Waals surface area contributed by atoms with Crippen LogP contribution >= 0.6 is 0 Å². The Morgan fingerprint density at radius 1 is 1.23 bits per heavy atom. The molecule has 0 saturated carbocycles. The van der Waals surface area contributed by atoms with E-state index in [0.29, 0.717) is 16.9 Å². The molecule has 11 heteroatoms. The van der Waals surface area contributed by atoms with E-state index in [2.05, 4.69) is 25.7 Å². The molecule has 0 unspecified atom stereocenters. The molecular weight excluding hydrogens is 399 g/mol. The summed E-state index contributed by atoms with van der Waals surface area (Å²) in [5.74, 6) is -0.168. The number of carbonyl (C=O) groups excluding carboxylic acids is 1. The van der Waals surface area contributed by atoms with E-state index >= 15 is 0 Å². The highest BCUT2D eigenvalue weighted by molar-refractivity contribution is 5.94. The summed E-state index contributed by atoms with van der Waals surface area (Å²) in [5, 5.41) is 17.5. The Balaban J connectivity index is 1.77. The lowest BCUT2D eigenvalue weighted by Crippen LogP contribution is -2.23. The van der Waals surface area contributed by atoms with Crippen LogP contribution in [0.25, 0.3) is 11.3 Å². The van der Waals surface area contributed by atoms with Gasteiger partial charge in [-0.2, -0.15) is 23.5 Å². The minimum atomic E-state index is -4.37. The Morgan fingerprint density at radius 2 is 1.97 bits per heavy atom. The van der Waals surface area contributed by atoms with Crippen molar-refractivity contribution in [1.82, 2.24) is 25.1 Å². The minimum absolute atomic E-state index is 0.0831. The van der Waals surface area contributed by atoms with Crippen molar-refractivity contribution in [2.75, 3.05) is 11.9 Å². The van der Waals surface area contributed by atoms with Crippen LogP contribution in [0.4, 0.5) is 24.8 Å². The number of rotatable bonds is 6. The lowest BCUT2D eigenvalue weighted by atomic mass is 10.1. The molecule has 30 heavy (non-hydrogen) atoms. The number of nitrogens with zero attached hydrogens (tertiary/aromatic N) is 5. The second kappa shape index (κ2) is 8.60. The first-order chi connectivity index (χ1) is 14.2. The zero-order chi connectivity index (χ0) is 21.7. The smallest absolute Gasteiger partial charge is 0.339 e. The van der Waals surface area contributed by atoms with Gasteiger partial charge in [-0.05, 0) is 24.6 Å². The second-order valence-corrected chi connectivity index (χ2v) is 6.31. The Labute approximate surface area is 169 Å². The topological polar surface area (TPSA) is 109 Å². The molecule has 0 bridgehead atoms. The van der Waals surface area contributed by atoms with Crippen LogP contribution in [0.3, 0.4) is 0 Å². The van der Waals surface area contributed by atoms with E-state index in [1.807, 2.05) is 13.0 Å². The number of nitrogens with one attached hydrogen (secondary N) is 2. The first-order valence-electron chi connectivity index (χ1n) is 8.70. The second-order valence-electron chi connectivity index (χ2n) is 6.31. The molecule has 2 heterocycles. The van der Waals surface area contributed by atoms with Gasteiger partial charge < -0.3 is 10.6 Å². The van der Waals surface area contributed by atoms with Gasteiger partial charge in [0, 0.05) is 23.5 Å². The predicted molar refractivity (Wildman–Crippen MR) is 102 cm³/mol. The van der Waals surface area contributed by atoms with E-state index in [1.54, 1.807) is 30.5 Å². The number of hydrogen-bond acceptors (Lipinski definition) is 6. The number of hydrogen-bond donors (Lipinski definition) is 2. The van der Waals surface area contributed by atoms with Crippen LogP contribution in [0.5, 0.6) is 0 Å². The molecule has 0 atom stereocenters. The number of carbonyl (C=O) groups is 1. The zero-order valence-electron chi connectivity index (χ0n) is 15.7. The molecule has 3 rings (SSSR count). The maximum Gasteiger partial charge on any atom is 0.408 e. The Kier molecular flexibility index (Phi) is 5.96. The van der Waals surface area contributed by atoms with Crippen molar-refractivity contribution in [3.8, 4) is 17.3 Å². The van der Waals surface area contributed by atoms with Crippen molar-refractivity contribution in [3.63, 3.8) is 0 Å². The van der Waals surface area contributed by atoms with Crippen molar-refractivity contribution in [1.29, 1.82) is 5.26 Å². The summed E-state index contributed by atoms with van der Waals surface area (Å²) in [6.07, 6.45) is -0.318. The quantitative estimate of drug-likeness (QED) is 0.599. The summed E-state index contributed by atoms with van der Waals surface area (Å²) in [7, 11) is 0. The van der Waals surface area contributed by atoms with E-state index in [9.17, 15) is 18.0 Å². The van der Waals surface area contributed by atoms with Gasteiger partial charge in [0.25, 0.3) is 5.91 Å². The Hall–Kier alpha value is -3.94. The standard InChI is InChI=1S/C19H16F3N7O/c1-12-8-25-18(27-15-9-26-29(10-15)11-19(20,21)22)28-16(12)13-2-4-14(5-3-13)17(30)24-7-6-23/h2-5,8-10H,7,11H2,1H3,(H,24,30)(H,25,27,28). The fraction of sp³-hybridized carbons (Fsp3) is 0.211. The fourth-order valence-corrected chi connectivity index (χ4v) is 2.62. The monoisotopic (exact) mass is 415 g/mol. The van der Waals surface area contributed by atoms with Crippen LogP contribution in [0.2, 0.25) is 0 Å². The maximum atomic E-state index is 12.5. The molecule has 0 fully saturated rings. The molecule has 0 radical (unpaired) electrons. The molecule has 2 N–H and O–H groups in total. The summed E-state index contributed by atoms with van der Waals surface area (Å²) in [6, 6.07) is 8.47. The lowest BCUT2D eigenvalue weighted by molar-refractivity contribution is -0.142. The van der Waals surface area contributed by atoms with Gasteiger partial charge in [0.1, 0.15) is 13.1 Å². The third-order valence-electron chi connectivity index (χ3n) is 3.95. The van der Waals surface area contributed by atoms with E-state index in [0.717, 1.165) is 15.8 Å². The van der Waals surface area contributed by atoms with E-state index in [-0.39, 0.29) is 18.4 Å². The summed E-state index contributed by atoms with van der Waals surface area (Å²) in [4.78, 5) is 20.5. The molecular formula is C19H16F3N7O. The lowest BCUT2D eigenvalue weighted by Gasteiger charge is -2.09. The SMILES string of the molecule is Cc1cnc(Nc2cnn(CC(F)(F)F)c2)nc1-c1ccc(C(=O)NCC#N)cc1. The number of aryl methyl sites for hydroxylation is 1. The fourth-order valence-electron chi connectivity index (χ4n) is 2.62. The number of nitriles is 1. The maximum absolute atomic E-state index is 12.5. The van der Waals surface area contributed by atoms with Gasteiger partial charge in [0.05, 0.1) is 23.6 Å². The van der Waals surface area contributed by atoms with E-state index in [1.165, 1.54) is 12.4 Å². The van der Waals surface area contributed by atoms with Gasteiger partial charge in [-0.15, -0.1) is 0 Å². The average Bonchev–Trinajstić information content (AvgIpc) is 3.12. The van der Waals surface area contributed by atoms with Crippen LogP contribution in [0, 0.1) is 18.3 Å². The Morgan fingerprint density at radius 3 is 2.63 bits per heavy atom. The summed E-state index contributed by atoms with van der Waals surface area (Å²) in [5.41, 5.74) is 2.81. The van der Waals surface area contributed by atoms with Crippen molar-refractivity contribution < 1.29 is 18.0 Å². The first-order valence-corrected chi connectivity index (χ1v) is 8.70. The minimum Gasteiger partial charge on any atom is -0.339 e. The van der Waals surface area contributed by atoms with Gasteiger partial charge in [-0.1, -0.05) is 12.1 Å². The van der Waals surface area contributed by atoms with Crippen molar-refractivity contribution in [3.05, 3.63) is 54.0 Å². The molecule has 2 aromatic heterocycles. The molecule has 0 aliphatic carbocycles. The van der Waals surface area contributed by atoms with Crippen LogP contribution in [-0.2, 0) is 6.54 Å². The highest BCUT2D eigenvalue weighted by atomic mass is 19.4. The molecule has 1 aromatic carbocycles. The number of alkyl halides is 3. The average molecular weight is 415 g/mol. The molecule has 0 aliphatic heterocycles. The normalized spacial score (nSPS) is 11.0. The van der Waals surface area contributed by atoms with Crippen LogP contribution < -0.4 is 10.6 Å². The molecule has 3 aromatic rings. The van der Waals surface area contributed by atoms with E-state index < -0.39 is 12.7 Å². The number of amides is 1. The summed E-state index contributed by atoms with van der Waals surface area (Å²) >= 11 is 0. The van der Waals surface area contributed by atoms with Gasteiger partial charge >= 0.3 is 6.18 Å².